The van der Waals surface area contributed by atoms with Gasteiger partial charge in [0.1, 0.15) is 5.82 Å². The molecule has 0 saturated heterocycles. The van der Waals surface area contributed by atoms with Crippen molar-refractivity contribution >= 4 is 17.6 Å². The molecule has 0 radical (unpaired) electrons. The molecule has 0 bridgehead atoms. The van der Waals surface area contributed by atoms with Crippen LogP contribution in [0.2, 0.25) is 0 Å². The summed E-state index contributed by atoms with van der Waals surface area (Å²) in [6.45, 7) is -0.366. The molecule has 92 valence electrons. The molecule has 7 heteroatoms. The van der Waals surface area contributed by atoms with E-state index in [1.807, 2.05) is 19.0 Å². The fourth-order valence-corrected chi connectivity index (χ4v) is 1.02. The van der Waals surface area contributed by atoms with Crippen molar-refractivity contribution in [3.05, 3.63) is 23.9 Å². The van der Waals surface area contributed by atoms with Crippen LogP contribution in [0, 0.1) is 0 Å². The Balaban J connectivity index is 2.54. The Morgan fingerprint density at radius 3 is 2.65 bits per heavy atom. The molecule has 0 aliphatic carbocycles. The van der Waals surface area contributed by atoms with Crippen molar-refractivity contribution in [3.8, 4) is 0 Å². The number of carbonyl (C=O) groups excluding carboxylic acids is 2. The number of anilines is 1. The molecule has 1 aromatic heterocycles. The highest BCUT2D eigenvalue weighted by atomic mass is 16.7. The van der Waals surface area contributed by atoms with Crippen LogP contribution in [0.25, 0.3) is 0 Å². The van der Waals surface area contributed by atoms with E-state index < -0.39 is 11.8 Å². The van der Waals surface area contributed by atoms with Gasteiger partial charge in [-0.05, 0) is 12.1 Å². The van der Waals surface area contributed by atoms with E-state index >= 15 is 0 Å². The zero-order valence-corrected chi connectivity index (χ0v) is 9.64. The van der Waals surface area contributed by atoms with Crippen molar-refractivity contribution in [2.45, 2.75) is 0 Å². The average Bonchev–Trinajstić information content (AvgIpc) is 2.28. The largest absolute Gasteiger partial charge is 0.368 e. The van der Waals surface area contributed by atoms with Gasteiger partial charge in [-0.3, -0.25) is 14.4 Å². The van der Waals surface area contributed by atoms with E-state index in [2.05, 4.69) is 15.3 Å². The van der Waals surface area contributed by atoms with Crippen molar-refractivity contribution < 1.29 is 14.4 Å². The first-order valence-electron chi connectivity index (χ1n) is 4.84. The molecule has 2 amide bonds. The number of nitrogens with one attached hydrogen (secondary N) is 1. The number of nitrogens with zero attached hydrogens (tertiary/aromatic N) is 2. The van der Waals surface area contributed by atoms with Crippen LogP contribution in [-0.4, -0.2) is 37.5 Å². The topological polar surface area (TPSA) is 97.5 Å². The van der Waals surface area contributed by atoms with Crippen molar-refractivity contribution in [2.75, 3.05) is 25.6 Å². The Bertz CT molecular complexity index is 403. The number of carbonyl (C=O) groups is 2. The number of hydrogen-bond donors (Lipinski definition) is 2. The van der Waals surface area contributed by atoms with Crippen molar-refractivity contribution in [1.29, 1.82) is 0 Å². The van der Waals surface area contributed by atoms with Gasteiger partial charge in [0, 0.05) is 20.3 Å². The van der Waals surface area contributed by atoms with E-state index in [-0.39, 0.29) is 6.61 Å². The monoisotopic (exact) mass is 238 g/mol. The summed E-state index contributed by atoms with van der Waals surface area (Å²) in [5.74, 6) is -0.407. The van der Waals surface area contributed by atoms with Gasteiger partial charge in [-0.15, -0.1) is 0 Å². The molecule has 0 fully saturated rings. The summed E-state index contributed by atoms with van der Waals surface area (Å²) in [6, 6.07) is 3.30. The minimum atomic E-state index is -0.661. The van der Waals surface area contributed by atoms with Gasteiger partial charge < -0.3 is 10.6 Å². The number of rotatable bonds is 5. The third kappa shape index (κ3) is 4.07. The molecular weight excluding hydrogens is 224 g/mol. The summed E-state index contributed by atoms with van der Waals surface area (Å²) in [5.41, 5.74) is 7.26. The van der Waals surface area contributed by atoms with E-state index in [1.165, 1.54) is 6.20 Å². The minimum Gasteiger partial charge on any atom is -0.368 e. The standard InChI is InChI=1S/C10H14N4O3/c1-14(2)9-4-3-7(5-12-9)10(16)13-17-6-8(11)15/h3-5H,6H2,1-2H3,(H2,11,15)(H,13,16). The van der Waals surface area contributed by atoms with Gasteiger partial charge in [0.15, 0.2) is 6.61 Å². The van der Waals surface area contributed by atoms with Crippen LogP contribution in [0.1, 0.15) is 10.4 Å². The Morgan fingerprint density at radius 2 is 2.18 bits per heavy atom. The second-order valence-corrected chi connectivity index (χ2v) is 3.49. The lowest BCUT2D eigenvalue weighted by Gasteiger charge is -2.11. The number of amides is 2. The molecule has 3 N–H and O–H groups in total. The predicted molar refractivity (Wildman–Crippen MR) is 61.2 cm³/mol. The van der Waals surface area contributed by atoms with Gasteiger partial charge in [-0.25, -0.2) is 10.5 Å². The fraction of sp³-hybridized carbons (Fsp3) is 0.300. The van der Waals surface area contributed by atoms with Crippen LogP contribution in [0.3, 0.4) is 0 Å². The van der Waals surface area contributed by atoms with Crippen molar-refractivity contribution in [3.63, 3.8) is 0 Å². The highest BCUT2D eigenvalue weighted by Crippen LogP contribution is 2.07. The van der Waals surface area contributed by atoms with E-state index in [1.54, 1.807) is 12.1 Å². The minimum absolute atomic E-state index is 0.333. The normalized spacial score (nSPS) is 9.76. The van der Waals surface area contributed by atoms with Gasteiger partial charge >= 0.3 is 0 Å². The van der Waals surface area contributed by atoms with Gasteiger partial charge in [0.05, 0.1) is 5.56 Å². The summed E-state index contributed by atoms with van der Waals surface area (Å²) in [6.07, 6.45) is 1.41. The highest BCUT2D eigenvalue weighted by Gasteiger charge is 2.07. The molecule has 1 heterocycles. The van der Waals surface area contributed by atoms with Crippen LogP contribution in [-0.2, 0) is 9.63 Å². The van der Waals surface area contributed by atoms with Crippen LogP contribution in [0.5, 0.6) is 0 Å². The van der Waals surface area contributed by atoms with E-state index in [4.69, 9.17) is 5.73 Å². The third-order valence-electron chi connectivity index (χ3n) is 1.85. The summed E-state index contributed by atoms with van der Waals surface area (Å²) in [5, 5.41) is 0. The average molecular weight is 238 g/mol. The predicted octanol–water partition coefficient (Wildman–Crippen LogP) is -0.706. The first kappa shape index (κ1) is 12.9. The summed E-state index contributed by atoms with van der Waals surface area (Å²) >= 11 is 0. The van der Waals surface area contributed by atoms with Gasteiger partial charge in [-0.2, -0.15) is 0 Å². The molecule has 17 heavy (non-hydrogen) atoms. The molecule has 1 aromatic rings. The van der Waals surface area contributed by atoms with Crippen LogP contribution in [0.4, 0.5) is 5.82 Å². The first-order chi connectivity index (χ1) is 8.00. The highest BCUT2D eigenvalue weighted by molar-refractivity contribution is 5.93. The maximum atomic E-state index is 11.5. The molecule has 1 rings (SSSR count). The van der Waals surface area contributed by atoms with Crippen LogP contribution >= 0.6 is 0 Å². The molecule has 0 aliphatic heterocycles. The smallest absolute Gasteiger partial charge is 0.276 e. The zero-order valence-electron chi connectivity index (χ0n) is 9.64. The first-order valence-corrected chi connectivity index (χ1v) is 4.84. The molecule has 0 spiro atoms. The second-order valence-electron chi connectivity index (χ2n) is 3.49. The number of primary amides is 1. The van der Waals surface area contributed by atoms with Crippen molar-refractivity contribution in [2.24, 2.45) is 5.73 Å². The molecular formula is C10H14N4O3. The van der Waals surface area contributed by atoms with E-state index in [9.17, 15) is 9.59 Å². The Hall–Kier alpha value is -2.15. The zero-order chi connectivity index (χ0) is 12.8. The number of aromatic nitrogens is 1. The molecule has 0 unspecified atom stereocenters. The molecule has 0 saturated carbocycles. The van der Waals surface area contributed by atoms with Crippen LogP contribution in [0.15, 0.2) is 18.3 Å². The summed E-state index contributed by atoms with van der Waals surface area (Å²) in [4.78, 5) is 32.3. The second kappa shape index (κ2) is 5.80. The van der Waals surface area contributed by atoms with E-state index in [0.29, 0.717) is 5.56 Å². The molecule has 7 nitrogen and oxygen atoms in total. The maximum absolute atomic E-state index is 11.5. The number of hydroxylamine groups is 1. The Morgan fingerprint density at radius 1 is 1.47 bits per heavy atom. The van der Waals surface area contributed by atoms with Gasteiger partial charge in [0.2, 0.25) is 5.91 Å². The molecule has 0 aromatic carbocycles. The number of pyridine rings is 1. The lowest BCUT2D eigenvalue weighted by atomic mass is 10.3. The quantitative estimate of drug-likeness (QED) is 0.661. The lowest BCUT2D eigenvalue weighted by Crippen LogP contribution is -2.29. The van der Waals surface area contributed by atoms with Gasteiger partial charge in [-0.1, -0.05) is 0 Å². The maximum Gasteiger partial charge on any atom is 0.276 e. The van der Waals surface area contributed by atoms with Crippen molar-refractivity contribution in [1.82, 2.24) is 10.5 Å². The fourth-order valence-electron chi connectivity index (χ4n) is 1.02. The number of hydrogen-bond acceptors (Lipinski definition) is 5. The Kier molecular flexibility index (Phi) is 4.41. The lowest BCUT2D eigenvalue weighted by molar-refractivity contribution is -0.124. The molecule has 0 atom stereocenters. The Labute approximate surface area is 98.5 Å². The molecule has 0 aliphatic rings. The van der Waals surface area contributed by atoms with Crippen LogP contribution < -0.4 is 16.1 Å². The van der Waals surface area contributed by atoms with Gasteiger partial charge in [0.25, 0.3) is 5.91 Å². The third-order valence-corrected chi connectivity index (χ3v) is 1.85. The van der Waals surface area contributed by atoms with E-state index in [0.717, 1.165) is 5.82 Å². The summed E-state index contributed by atoms with van der Waals surface area (Å²) < 4.78 is 0. The summed E-state index contributed by atoms with van der Waals surface area (Å²) in [7, 11) is 3.69. The SMILES string of the molecule is CN(C)c1ccc(C(=O)NOCC(N)=O)cn1. The number of nitrogens with two attached hydrogens (primary N) is 1.